The molecule has 5 nitrogen and oxygen atoms in total. The smallest absolute Gasteiger partial charge is 0.693 e. The van der Waals surface area contributed by atoms with E-state index in [4.69, 9.17) is 10.1 Å². The molecular formula is H4N3O2Pt-. The van der Waals surface area contributed by atoms with Gasteiger partial charge < -0.3 is 22.4 Å². The maximum Gasteiger partial charge on any atom is 2.00 e. The molecule has 0 heterocycles. The topological polar surface area (TPSA) is 119 Å². The molecule has 0 unspecified atom stereocenters. The molecule has 0 saturated carbocycles. The Morgan fingerprint density at radius 3 is 1.33 bits per heavy atom. The molecule has 0 aromatic rings. The van der Waals surface area contributed by atoms with E-state index in [2.05, 4.69) is 0 Å². The largest absolute Gasteiger partial charge is 2.00 e. The maximum atomic E-state index is 8.00. The standard InChI is InChI=1S/HNO2.2H2N.Pt/c2-1-3;;;/h(H,2,3);2*1H2;/q;2*-1;+2/p-1. The van der Waals surface area contributed by atoms with Gasteiger partial charge in [0.2, 0.25) is 0 Å². The first-order valence-corrected chi connectivity index (χ1v) is 0.365. The fraction of sp³-hybridized carbons (Fsp3) is 0. The van der Waals surface area contributed by atoms with Crippen LogP contribution in [0.15, 0.2) is 5.34 Å². The Kier molecular flexibility index (Phi) is 493. The molecule has 0 aliphatic carbocycles. The van der Waals surface area contributed by atoms with Crippen LogP contribution in [-0.4, -0.2) is 0 Å². The fourth-order valence-corrected chi connectivity index (χ4v) is 0. The van der Waals surface area contributed by atoms with Crippen molar-refractivity contribution in [3.05, 3.63) is 22.4 Å². The van der Waals surface area contributed by atoms with Crippen molar-refractivity contribution in [1.29, 1.82) is 0 Å². The summed E-state index contributed by atoms with van der Waals surface area (Å²) in [4.78, 5) is 8.00. The zero-order valence-electron chi connectivity index (χ0n) is 2.73. The minimum atomic E-state index is 0. The van der Waals surface area contributed by atoms with Crippen LogP contribution >= 0.6 is 0 Å². The molecule has 0 bridgehead atoms. The summed E-state index contributed by atoms with van der Waals surface area (Å²) in [6.45, 7) is 0. The molecule has 0 atom stereocenters. The summed E-state index contributed by atoms with van der Waals surface area (Å²) in [6.07, 6.45) is 0. The van der Waals surface area contributed by atoms with Gasteiger partial charge in [-0.15, -0.1) is 5.34 Å². The molecule has 6 heteroatoms. The summed E-state index contributed by atoms with van der Waals surface area (Å²) in [5.74, 6) is 0. The molecule has 0 saturated heterocycles. The van der Waals surface area contributed by atoms with Gasteiger partial charge >= 0.3 is 21.1 Å². The molecule has 0 amide bonds. The fourth-order valence-electron chi connectivity index (χ4n) is 0. The first-order chi connectivity index (χ1) is 1.41. The molecule has 0 radical (unpaired) electrons. The minimum absolute atomic E-state index is 0. The number of hydrogen-bond acceptors (Lipinski definition) is 3. The van der Waals surface area contributed by atoms with Crippen LogP contribution in [-0.2, 0) is 21.1 Å². The third kappa shape index (κ3) is 525000. The Labute approximate surface area is 49.5 Å². The van der Waals surface area contributed by atoms with Crippen molar-refractivity contribution in [2.24, 2.45) is 5.34 Å². The van der Waals surface area contributed by atoms with Crippen molar-refractivity contribution in [3.8, 4) is 0 Å². The molecule has 0 fully saturated rings. The molecule has 0 rings (SSSR count). The van der Waals surface area contributed by atoms with Crippen LogP contribution in [0.5, 0.6) is 0 Å². The van der Waals surface area contributed by atoms with Crippen LogP contribution in [0.25, 0.3) is 12.3 Å². The van der Waals surface area contributed by atoms with Crippen molar-refractivity contribution < 1.29 is 21.1 Å². The van der Waals surface area contributed by atoms with E-state index in [-0.39, 0.29) is 33.4 Å². The SMILES string of the molecule is O=N[O-].[NH2-].[NH2-].[Pt+2]. The van der Waals surface area contributed by atoms with Crippen molar-refractivity contribution in [2.75, 3.05) is 0 Å². The van der Waals surface area contributed by atoms with Crippen LogP contribution in [0.4, 0.5) is 0 Å². The average molecular weight is 273 g/mol. The van der Waals surface area contributed by atoms with Crippen molar-refractivity contribution in [1.82, 2.24) is 0 Å². The number of hydrogen-bond donors (Lipinski definition) is 0. The Bertz CT molecular complexity index is 16.3. The van der Waals surface area contributed by atoms with Crippen molar-refractivity contribution >= 4 is 0 Å². The molecule has 0 aliphatic heterocycles. The van der Waals surface area contributed by atoms with Gasteiger partial charge in [-0.3, -0.25) is 0 Å². The average Bonchev–Trinajstić information content (AvgIpc) is 0.918. The van der Waals surface area contributed by atoms with Crippen LogP contribution in [0, 0.1) is 10.1 Å². The minimum Gasteiger partial charge on any atom is -0.693 e. The molecule has 0 spiro atoms. The van der Waals surface area contributed by atoms with Crippen LogP contribution in [0.3, 0.4) is 0 Å². The maximum absolute atomic E-state index is 8.00. The molecule has 0 aromatic heterocycles. The van der Waals surface area contributed by atoms with E-state index in [0.717, 1.165) is 5.34 Å². The summed E-state index contributed by atoms with van der Waals surface area (Å²) in [7, 11) is 0. The summed E-state index contributed by atoms with van der Waals surface area (Å²) in [5.41, 5.74) is 0. The molecule has 4 N–H and O–H groups in total. The van der Waals surface area contributed by atoms with E-state index in [0.29, 0.717) is 0 Å². The first kappa shape index (κ1) is 37.4. The molecule has 0 aliphatic rings. The predicted molar refractivity (Wildman–Crippen MR) is 19.7 cm³/mol. The van der Waals surface area contributed by atoms with Crippen LogP contribution < -0.4 is 0 Å². The summed E-state index contributed by atoms with van der Waals surface area (Å²) in [5, 5.41) is 9.00. The van der Waals surface area contributed by atoms with E-state index in [1.807, 2.05) is 0 Å². The predicted octanol–water partition coefficient (Wildman–Crippen LogP) is 1.68. The van der Waals surface area contributed by atoms with E-state index < -0.39 is 0 Å². The quantitative estimate of drug-likeness (QED) is 0.492. The van der Waals surface area contributed by atoms with Gasteiger partial charge in [0.25, 0.3) is 0 Å². The number of nitrogens with two attached hydrogens (primary N) is 2. The third-order valence-electron chi connectivity index (χ3n) is 0. The van der Waals surface area contributed by atoms with Crippen LogP contribution in [0.1, 0.15) is 0 Å². The van der Waals surface area contributed by atoms with Gasteiger partial charge in [0.05, 0.1) is 0 Å². The molecule has 6 heavy (non-hydrogen) atoms. The summed E-state index contributed by atoms with van der Waals surface area (Å²) in [6, 6.07) is 0. The molecule has 42 valence electrons. The summed E-state index contributed by atoms with van der Waals surface area (Å²) < 4.78 is 0. The second kappa shape index (κ2) is 79.1. The van der Waals surface area contributed by atoms with E-state index in [9.17, 15) is 0 Å². The second-order valence-electron chi connectivity index (χ2n) is 0.0745. The van der Waals surface area contributed by atoms with Gasteiger partial charge in [0.15, 0.2) is 0 Å². The zero-order valence-corrected chi connectivity index (χ0v) is 5.01. The Hall–Kier alpha value is 0.00831. The second-order valence-corrected chi connectivity index (χ2v) is 0.0745. The van der Waals surface area contributed by atoms with E-state index in [1.165, 1.54) is 0 Å². The number of nitrogens with zero attached hydrogens (tertiary/aromatic N) is 1. The van der Waals surface area contributed by atoms with E-state index in [1.54, 1.807) is 0 Å². The summed E-state index contributed by atoms with van der Waals surface area (Å²) >= 11 is 0. The van der Waals surface area contributed by atoms with Gasteiger partial charge in [-0.1, -0.05) is 0 Å². The zero-order chi connectivity index (χ0) is 2.71. The van der Waals surface area contributed by atoms with Crippen molar-refractivity contribution in [2.45, 2.75) is 0 Å². The molecular weight excluding hydrogens is 269 g/mol. The van der Waals surface area contributed by atoms with Gasteiger partial charge in [0, 0.05) is 0 Å². The van der Waals surface area contributed by atoms with Gasteiger partial charge in [-0.25, -0.2) is 0 Å². The number of rotatable bonds is 0. The third-order valence-corrected chi connectivity index (χ3v) is 0. The van der Waals surface area contributed by atoms with E-state index >= 15 is 0 Å². The first-order valence-electron chi connectivity index (χ1n) is 0.365. The van der Waals surface area contributed by atoms with Gasteiger partial charge in [-0.2, -0.15) is 0 Å². The Balaban J connectivity index is -0.00000000667. The Morgan fingerprint density at radius 1 is 1.33 bits per heavy atom. The van der Waals surface area contributed by atoms with Crippen LogP contribution in [0.2, 0.25) is 0 Å². The molecule has 0 aromatic carbocycles. The van der Waals surface area contributed by atoms with Gasteiger partial charge in [0.1, 0.15) is 0 Å². The normalized spacial score (nSPS) is 2.00. The van der Waals surface area contributed by atoms with Crippen molar-refractivity contribution in [3.63, 3.8) is 0 Å². The van der Waals surface area contributed by atoms with Gasteiger partial charge in [-0.05, 0) is 0 Å². The Morgan fingerprint density at radius 2 is 1.33 bits per heavy atom. The monoisotopic (exact) mass is 273 g/mol.